The predicted octanol–water partition coefficient (Wildman–Crippen LogP) is 4.55. The van der Waals surface area contributed by atoms with Gasteiger partial charge in [0.15, 0.2) is 9.84 Å². The highest BCUT2D eigenvalue weighted by Gasteiger charge is 2.12. The van der Waals surface area contributed by atoms with E-state index in [0.29, 0.717) is 18.7 Å². The van der Waals surface area contributed by atoms with Crippen LogP contribution in [-0.4, -0.2) is 24.6 Å². The molecule has 0 saturated heterocycles. The molecule has 0 saturated carbocycles. The molecule has 7 heteroatoms. The number of sulfone groups is 1. The van der Waals surface area contributed by atoms with Crippen LogP contribution in [-0.2, 0) is 22.9 Å². The summed E-state index contributed by atoms with van der Waals surface area (Å²) in [6, 6.07) is 20.4. The van der Waals surface area contributed by atoms with Crippen LogP contribution in [0.15, 0.2) is 83.9 Å². The summed E-state index contributed by atoms with van der Waals surface area (Å²) in [7, 11) is -3.24. The van der Waals surface area contributed by atoms with Crippen molar-refractivity contribution in [3.05, 3.63) is 102 Å². The van der Waals surface area contributed by atoms with Crippen molar-refractivity contribution in [2.45, 2.75) is 24.9 Å². The van der Waals surface area contributed by atoms with Gasteiger partial charge in [0.25, 0.3) is 5.91 Å². The number of carbonyl (C=O) groups excluding carboxylic acids is 1. The van der Waals surface area contributed by atoms with Gasteiger partial charge >= 0.3 is 0 Å². The summed E-state index contributed by atoms with van der Waals surface area (Å²) in [6.07, 6.45) is 1.95. The van der Waals surface area contributed by atoms with Crippen molar-refractivity contribution in [1.29, 1.82) is 0 Å². The van der Waals surface area contributed by atoms with Crippen molar-refractivity contribution in [3.63, 3.8) is 0 Å². The second-order valence-electron chi connectivity index (χ2n) is 7.57. The molecule has 4 rings (SSSR count). The molecule has 3 aromatic carbocycles. The van der Waals surface area contributed by atoms with E-state index in [1.54, 1.807) is 49.4 Å². The Hall–Kier alpha value is -3.45. The smallest absolute Gasteiger partial charge is 0.251 e. The van der Waals surface area contributed by atoms with Gasteiger partial charge in [-0.3, -0.25) is 4.79 Å². The zero-order chi connectivity index (χ0) is 22.7. The molecule has 4 aromatic rings. The van der Waals surface area contributed by atoms with Crippen LogP contribution in [0.2, 0.25) is 0 Å². The van der Waals surface area contributed by atoms with Gasteiger partial charge in [-0.05, 0) is 59.7 Å². The summed E-state index contributed by atoms with van der Waals surface area (Å²) in [6.45, 7) is 2.52. The first-order valence-electron chi connectivity index (χ1n) is 10.3. The fourth-order valence-electron chi connectivity index (χ4n) is 3.53. The van der Waals surface area contributed by atoms with Crippen molar-refractivity contribution in [2.24, 2.45) is 0 Å². The lowest BCUT2D eigenvalue weighted by molar-refractivity contribution is 0.0951. The van der Waals surface area contributed by atoms with E-state index >= 15 is 0 Å². The van der Waals surface area contributed by atoms with Gasteiger partial charge in [-0.15, -0.1) is 0 Å². The quantitative estimate of drug-likeness (QED) is 0.449. The summed E-state index contributed by atoms with van der Waals surface area (Å²) in [5, 5.41) is 3.81. The molecule has 0 aliphatic heterocycles. The minimum atomic E-state index is -3.24. The summed E-state index contributed by atoms with van der Waals surface area (Å²) >= 11 is 0. The van der Waals surface area contributed by atoms with Gasteiger partial charge in [-0.1, -0.05) is 31.2 Å². The van der Waals surface area contributed by atoms with Crippen molar-refractivity contribution >= 4 is 26.6 Å². The van der Waals surface area contributed by atoms with Gasteiger partial charge in [0.1, 0.15) is 5.82 Å². The fourth-order valence-corrected chi connectivity index (χ4v) is 4.42. The number of amides is 1. The molecule has 0 aliphatic rings. The second kappa shape index (κ2) is 8.96. The molecule has 0 spiro atoms. The number of benzene rings is 3. The lowest BCUT2D eigenvalue weighted by atomic mass is 10.1. The summed E-state index contributed by atoms with van der Waals surface area (Å²) in [4.78, 5) is 12.9. The average Bonchev–Trinajstić information content (AvgIpc) is 3.21. The second-order valence-corrected chi connectivity index (χ2v) is 9.85. The SMILES string of the molecule is CCS(=O)(=O)c1ccc(CNC(=O)c2ccc3c(ccn3Cc3ccc(F)cc3)c2)cc1. The van der Waals surface area contributed by atoms with Crippen LogP contribution in [0.4, 0.5) is 4.39 Å². The largest absolute Gasteiger partial charge is 0.348 e. The summed E-state index contributed by atoms with van der Waals surface area (Å²) in [5.41, 5.74) is 3.34. The molecule has 1 heterocycles. The molecule has 0 radical (unpaired) electrons. The van der Waals surface area contributed by atoms with Crippen molar-refractivity contribution in [1.82, 2.24) is 9.88 Å². The monoisotopic (exact) mass is 450 g/mol. The third-order valence-corrected chi connectivity index (χ3v) is 7.17. The van der Waals surface area contributed by atoms with Crippen LogP contribution in [0.5, 0.6) is 0 Å². The summed E-state index contributed by atoms with van der Waals surface area (Å²) < 4.78 is 39.0. The highest BCUT2D eigenvalue weighted by molar-refractivity contribution is 7.91. The number of hydrogen-bond acceptors (Lipinski definition) is 3. The van der Waals surface area contributed by atoms with Crippen molar-refractivity contribution in [2.75, 3.05) is 5.75 Å². The molecule has 164 valence electrons. The first kappa shape index (κ1) is 21.8. The topological polar surface area (TPSA) is 68.2 Å². The Kier molecular flexibility index (Phi) is 6.10. The third-order valence-electron chi connectivity index (χ3n) is 5.41. The highest BCUT2D eigenvalue weighted by atomic mass is 32.2. The molecule has 1 aromatic heterocycles. The van der Waals surface area contributed by atoms with E-state index in [0.717, 1.165) is 22.0 Å². The maximum atomic E-state index is 13.1. The number of hydrogen-bond donors (Lipinski definition) is 1. The molecule has 1 N–H and O–H groups in total. The van der Waals surface area contributed by atoms with Gasteiger partial charge in [-0.2, -0.15) is 0 Å². The molecule has 0 unspecified atom stereocenters. The van der Waals surface area contributed by atoms with E-state index in [1.165, 1.54) is 12.1 Å². The van der Waals surface area contributed by atoms with Crippen LogP contribution in [0.1, 0.15) is 28.4 Å². The molecule has 0 atom stereocenters. The first-order chi connectivity index (χ1) is 15.4. The maximum absolute atomic E-state index is 13.1. The first-order valence-corrected chi connectivity index (χ1v) is 11.9. The van der Waals surface area contributed by atoms with Gasteiger partial charge < -0.3 is 9.88 Å². The van der Waals surface area contributed by atoms with E-state index in [1.807, 2.05) is 24.4 Å². The number of halogens is 1. The van der Waals surface area contributed by atoms with E-state index in [2.05, 4.69) is 9.88 Å². The average molecular weight is 451 g/mol. The van der Waals surface area contributed by atoms with Crippen LogP contribution in [0.25, 0.3) is 10.9 Å². The number of rotatable bonds is 7. The molecule has 32 heavy (non-hydrogen) atoms. The number of carbonyl (C=O) groups is 1. The number of nitrogens with zero attached hydrogens (tertiary/aromatic N) is 1. The standard InChI is InChI=1S/C25H23FN2O3S/c1-2-32(30,31)23-10-5-18(6-11-23)16-27-25(29)21-7-12-24-20(15-21)13-14-28(24)17-19-3-8-22(26)9-4-19/h3-15H,2,16-17H2,1H3,(H,27,29). The molecular formula is C25H23FN2O3S. The van der Waals surface area contributed by atoms with E-state index in [-0.39, 0.29) is 22.4 Å². The third kappa shape index (κ3) is 4.73. The van der Waals surface area contributed by atoms with Crippen LogP contribution in [0.3, 0.4) is 0 Å². The Morgan fingerprint density at radius 1 is 0.938 bits per heavy atom. The fraction of sp³-hybridized carbons (Fsp3) is 0.160. The van der Waals surface area contributed by atoms with Crippen LogP contribution < -0.4 is 5.32 Å². The number of aromatic nitrogens is 1. The molecule has 0 aliphatic carbocycles. The maximum Gasteiger partial charge on any atom is 0.251 e. The Balaban J connectivity index is 1.43. The predicted molar refractivity (Wildman–Crippen MR) is 123 cm³/mol. The molecule has 5 nitrogen and oxygen atoms in total. The lowest BCUT2D eigenvalue weighted by Crippen LogP contribution is -2.22. The molecule has 1 amide bonds. The normalized spacial score (nSPS) is 11.6. The molecular weight excluding hydrogens is 427 g/mol. The zero-order valence-corrected chi connectivity index (χ0v) is 18.4. The van der Waals surface area contributed by atoms with Crippen molar-refractivity contribution < 1.29 is 17.6 Å². The Morgan fingerprint density at radius 3 is 2.31 bits per heavy atom. The van der Waals surface area contributed by atoms with Crippen LogP contribution >= 0.6 is 0 Å². The minimum Gasteiger partial charge on any atom is -0.348 e. The van der Waals surface area contributed by atoms with E-state index < -0.39 is 9.84 Å². The van der Waals surface area contributed by atoms with E-state index in [9.17, 15) is 17.6 Å². The summed E-state index contributed by atoms with van der Waals surface area (Å²) in [5.74, 6) is -0.413. The van der Waals surface area contributed by atoms with Crippen LogP contribution in [0, 0.1) is 5.82 Å². The Bertz CT molecular complexity index is 1360. The van der Waals surface area contributed by atoms with Gasteiger partial charge in [0.05, 0.1) is 10.6 Å². The molecule has 0 bridgehead atoms. The van der Waals surface area contributed by atoms with Gasteiger partial charge in [0, 0.05) is 35.8 Å². The van der Waals surface area contributed by atoms with E-state index in [4.69, 9.17) is 0 Å². The Labute approximate surface area is 186 Å². The highest BCUT2D eigenvalue weighted by Crippen LogP contribution is 2.20. The Morgan fingerprint density at radius 2 is 1.62 bits per heavy atom. The van der Waals surface area contributed by atoms with Gasteiger partial charge in [-0.25, -0.2) is 12.8 Å². The lowest BCUT2D eigenvalue weighted by Gasteiger charge is -2.08. The van der Waals surface area contributed by atoms with Gasteiger partial charge in [0.2, 0.25) is 0 Å². The number of fused-ring (bicyclic) bond motifs is 1. The number of nitrogens with one attached hydrogen (secondary N) is 1. The minimum absolute atomic E-state index is 0.0528. The molecule has 0 fully saturated rings. The van der Waals surface area contributed by atoms with Crippen molar-refractivity contribution in [3.8, 4) is 0 Å². The zero-order valence-electron chi connectivity index (χ0n) is 17.6.